The van der Waals surface area contributed by atoms with E-state index in [0.717, 1.165) is 66.5 Å². The molecule has 9 heteroatoms. The van der Waals surface area contributed by atoms with Crippen LogP contribution in [-0.2, 0) is 0 Å². The summed E-state index contributed by atoms with van der Waals surface area (Å²) in [7, 11) is 4.34. The summed E-state index contributed by atoms with van der Waals surface area (Å²) in [6.45, 7) is 3.05. The number of piperidine rings is 2. The fourth-order valence-electron chi connectivity index (χ4n) is 5.63. The Kier molecular flexibility index (Phi) is 7.51. The number of benzene rings is 1. The number of nitrogens with one attached hydrogen (secondary N) is 3. The monoisotopic (exact) mass is 523 g/mol. The van der Waals surface area contributed by atoms with Crippen molar-refractivity contribution in [3.05, 3.63) is 72.9 Å². The normalized spacial score (nSPS) is 20.3. The lowest BCUT2D eigenvalue weighted by molar-refractivity contribution is 0.249. The maximum atomic E-state index is 4.89. The fourth-order valence-corrected chi connectivity index (χ4v) is 5.63. The van der Waals surface area contributed by atoms with E-state index < -0.39 is 0 Å². The molecular weight excluding hydrogens is 486 g/mol. The van der Waals surface area contributed by atoms with Gasteiger partial charge in [0.25, 0.3) is 0 Å². The fraction of sp³-hybridized carbons (Fsp3) is 0.400. The summed E-state index contributed by atoms with van der Waals surface area (Å²) in [6, 6.07) is 17.1. The summed E-state index contributed by atoms with van der Waals surface area (Å²) < 4.78 is 0. The maximum absolute atomic E-state index is 4.89. The molecule has 0 amide bonds. The molecule has 39 heavy (non-hydrogen) atoms. The Hall–Kier alpha value is -3.82. The molecule has 2 aliphatic rings. The zero-order chi connectivity index (χ0) is 26.6. The van der Waals surface area contributed by atoms with Gasteiger partial charge in [0, 0.05) is 42.3 Å². The van der Waals surface area contributed by atoms with Crippen molar-refractivity contribution in [1.29, 1.82) is 0 Å². The lowest BCUT2D eigenvalue weighted by atomic mass is 9.94. The van der Waals surface area contributed by atoms with Crippen LogP contribution in [0.4, 0.5) is 23.0 Å². The van der Waals surface area contributed by atoms with E-state index >= 15 is 0 Å². The van der Waals surface area contributed by atoms with Crippen LogP contribution in [0.15, 0.2) is 67.1 Å². The van der Waals surface area contributed by atoms with Crippen LogP contribution >= 0.6 is 0 Å². The number of hydrogen-bond acceptors (Lipinski definition) is 9. The molecule has 2 fully saturated rings. The number of para-hydroxylation sites is 1. The number of nitrogens with zero attached hydrogens (tertiary/aromatic N) is 6. The van der Waals surface area contributed by atoms with Crippen molar-refractivity contribution in [2.45, 2.75) is 43.8 Å². The van der Waals surface area contributed by atoms with Crippen LogP contribution in [0.5, 0.6) is 0 Å². The summed E-state index contributed by atoms with van der Waals surface area (Å²) in [6.07, 6.45) is 10.2. The maximum Gasteiger partial charge on any atom is 0.132 e. The highest BCUT2D eigenvalue weighted by atomic mass is 15.2. The van der Waals surface area contributed by atoms with Crippen molar-refractivity contribution in [2.75, 3.05) is 49.3 Å². The third-order valence-corrected chi connectivity index (χ3v) is 7.93. The van der Waals surface area contributed by atoms with E-state index in [9.17, 15) is 0 Å². The molecule has 4 aromatic rings. The van der Waals surface area contributed by atoms with Crippen LogP contribution in [-0.4, -0.2) is 70.8 Å². The smallest absolute Gasteiger partial charge is 0.132 e. The summed E-state index contributed by atoms with van der Waals surface area (Å²) in [5.74, 6) is 2.70. The summed E-state index contributed by atoms with van der Waals surface area (Å²) in [4.78, 5) is 23.7. The van der Waals surface area contributed by atoms with Crippen molar-refractivity contribution in [3.63, 3.8) is 0 Å². The standard InChI is InChI=1S/C30H37N9/c1-38(2)24-11-14-39(15-12-24)25-8-9-27(32-19-25)37-29-17-22-18-34-30(36-26(22)20-33-29)21-10-13-31-28(16-21)35-23-6-4-3-5-7-23/h3-9,17-21,24,28,31,35H,10-16H2,1-2H3,(H,32,33,37). The quantitative estimate of drug-likeness (QED) is 0.321. The third kappa shape index (κ3) is 6.10. The van der Waals surface area contributed by atoms with Crippen LogP contribution in [0.25, 0.3) is 10.9 Å². The van der Waals surface area contributed by atoms with Crippen molar-refractivity contribution < 1.29 is 0 Å². The predicted octanol–water partition coefficient (Wildman–Crippen LogP) is 4.60. The van der Waals surface area contributed by atoms with Gasteiger partial charge in [-0.3, -0.25) is 5.32 Å². The molecule has 202 valence electrons. The van der Waals surface area contributed by atoms with Crippen molar-refractivity contribution in [3.8, 4) is 0 Å². The van der Waals surface area contributed by atoms with Crippen LogP contribution in [0.1, 0.15) is 37.4 Å². The second-order valence-electron chi connectivity index (χ2n) is 10.8. The first-order chi connectivity index (χ1) is 19.1. The number of hydrogen-bond donors (Lipinski definition) is 3. The minimum absolute atomic E-state index is 0.193. The Labute approximate surface area is 230 Å². The van der Waals surface area contributed by atoms with Crippen LogP contribution in [0, 0.1) is 0 Å². The van der Waals surface area contributed by atoms with E-state index in [1.54, 1.807) is 0 Å². The molecular formula is C30H37N9. The lowest BCUT2D eigenvalue weighted by Crippen LogP contribution is -2.42. The summed E-state index contributed by atoms with van der Waals surface area (Å²) >= 11 is 0. The molecule has 0 bridgehead atoms. The molecule has 1 aromatic carbocycles. The molecule has 0 spiro atoms. The van der Waals surface area contributed by atoms with Crippen LogP contribution in [0.3, 0.4) is 0 Å². The molecule has 3 aromatic heterocycles. The van der Waals surface area contributed by atoms with E-state index in [4.69, 9.17) is 9.97 Å². The van der Waals surface area contributed by atoms with Gasteiger partial charge >= 0.3 is 0 Å². The average Bonchev–Trinajstić information content (AvgIpc) is 2.98. The second-order valence-corrected chi connectivity index (χ2v) is 10.8. The van der Waals surface area contributed by atoms with Crippen molar-refractivity contribution in [1.82, 2.24) is 30.2 Å². The van der Waals surface area contributed by atoms with Gasteiger partial charge in [-0.25, -0.2) is 19.9 Å². The average molecular weight is 524 g/mol. The molecule has 2 saturated heterocycles. The predicted molar refractivity (Wildman–Crippen MR) is 158 cm³/mol. The third-order valence-electron chi connectivity index (χ3n) is 7.93. The highest BCUT2D eigenvalue weighted by molar-refractivity contribution is 5.80. The number of pyridine rings is 2. The van der Waals surface area contributed by atoms with E-state index in [0.29, 0.717) is 12.0 Å². The van der Waals surface area contributed by atoms with Gasteiger partial charge in [-0.05, 0) is 76.7 Å². The minimum Gasteiger partial charge on any atom is -0.370 e. The second kappa shape index (κ2) is 11.5. The summed E-state index contributed by atoms with van der Waals surface area (Å²) in [5, 5.41) is 11.4. The molecule has 2 aliphatic heterocycles. The molecule has 0 aliphatic carbocycles. The zero-order valence-corrected chi connectivity index (χ0v) is 22.7. The van der Waals surface area contributed by atoms with Crippen LogP contribution < -0.4 is 20.9 Å². The van der Waals surface area contributed by atoms with Gasteiger partial charge in [-0.1, -0.05) is 18.2 Å². The Morgan fingerprint density at radius 3 is 2.49 bits per heavy atom. The SMILES string of the molecule is CN(C)C1CCN(c2ccc(Nc3cc4cnc(C5CCNC(Nc6ccccc6)C5)nc4cn3)nc2)CC1. The van der Waals surface area contributed by atoms with Crippen molar-refractivity contribution >= 4 is 33.9 Å². The molecule has 2 unspecified atom stereocenters. The molecule has 5 heterocycles. The van der Waals surface area contributed by atoms with Gasteiger partial charge < -0.3 is 20.4 Å². The van der Waals surface area contributed by atoms with Gasteiger partial charge in [-0.15, -0.1) is 0 Å². The Morgan fingerprint density at radius 1 is 0.897 bits per heavy atom. The Balaban J connectivity index is 1.08. The first-order valence-corrected chi connectivity index (χ1v) is 13.9. The topological polar surface area (TPSA) is 94.1 Å². The Morgan fingerprint density at radius 2 is 1.72 bits per heavy atom. The molecule has 3 N–H and O–H groups in total. The van der Waals surface area contributed by atoms with E-state index in [1.165, 1.54) is 18.5 Å². The molecule has 9 nitrogen and oxygen atoms in total. The molecule has 0 radical (unpaired) electrons. The van der Waals surface area contributed by atoms with E-state index in [2.05, 4.69) is 68.0 Å². The number of rotatable bonds is 7. The molecule has 6 rings (SSSR count). The van der Waals surface area contributed by atoms with E-state index in [-0.39, 0.29) is 6.17 Å². The molecule has 0 saturated carbocycles. The number of aromatic nitrogens is 4. The van der Waals surface area contributed by atoms with Crippen LogP contribution in [0.2, 0.25) is 0 Å². The van der Waals surface area contributed by atoms with Gasteiger partial charge in [0.05, 0.1) is 29.8 Å². The minimum atomic E-state index is 0.193. The molecule has 2 atom stereocenters. The van der Waals surface area contributed by atoms with Gasteiger partial charge in [-0.2, -0.15) is 0 Å². The van der Waals surface area contributed by atoms with Gasteiger partial charge in [0.2, 0.25) is 0 Å². The van der Waals surface area contributed by atoms with Crippen molar-refractivity contribution in [2.24, 2.45) is 0 Å². The lowest BCUT2D eigenvalue weighted by Gasteiger charge is -2.36. The zero-order valence-electron chi connectivity index (χ0n) is 22.7. The first-order valence-electron chi connectivity index (χ1n) is 13.9. The highest BCUT2D eigenvalue weighted by Gasteiger charge is 2.25. The largest absolute Gasteiger partial charge is 0.370 e. The Bertz CT molecular complexity index is 1370. The first kappa shape index (κ1) is 25.5. The van der Waals surface area contributed by atoms with Gasteiger partial charge in [0.15, 0.2) is 0 Å². The van der Waals surface area contributed by atoms with E-state index in [1.807, 2.05) is 48.9 Å². The van der Waals surface area contributed by atoms with Gasteiger partial charge in [0.1, 0.15) is 17.5 Å². The number of anilines is 4. The number of fused-ring (bicyclic) bond motifs is 1. The summed E-state index contributed by atoms with van der Waals surface area (Å²) in [5.41, 5.74) is 3.15. The highest BCUT2D eigenvalue weighted by Crippen LogP contribution is 2.28.